The summed E-state index contributed by atoms with van der Waals surface area (Å²) in [7, 11) is 0. The summed E-state index contributed by atoms with van der Waals surface area (Å²) in [6, 6.07) is 3.60. The molecule has 80 valence electrons. The molecule has 3 N–H and O–H groups in total. The van der Waals surface area contributed by atoms with Gasteiger partial charge in [0.05, 0.1) is 5.56 Å². The Hall–Kier alpha value is -1.49. The Morgan fingerprint density at radius 2 is 2.00 bits per heavy atom. The van der Waals surface area contributed by atoms with Crippen molar-refractivity contribution in [3.63, 3.8) is 0 Å². The normalized spacial score (nSPS) is 12.3. The lowest BCUT2D eigenvalue weighted by Crippen LogP contribution is -2.04. The maximum Gasteiger partial charge on any atom is 0.416 e. The van der Waals surface area contributed by atoms with Crippen molar-refractivity contribution in [1.29, 1.82) is 0 Å². The Bertz CT molecular complexity index is 485. The highest BCUT2D eigenvalue weighted by Crippen LogP contribution is 2.31. The molecule has 0 spiro atoms. The summed E-state index contributed by atoms with van der Waals surface area (Å²) < 4.78 is 37.1. The molecule has 0 bridgehead atoms. The molecule has 0 aliphatic carbocycles. The van der Waals surface area contributed by atoms with E-state index in [1.807, 2.05) is 0 Å². The molecule has 0 aliphatic heterocycles. The van der Waals surface area contributed by atoms with Gasteiger partial charge in [-0.15, -0.1) is 0 Å². The first-order valence-electron chi connectivity index (χ1n) is 4.39. The van der Waals surface area contributed by atoms with Crippen LogP contribution < -0.4 is 5.73 Å². The molecule has 0 radical (unpaired) electrons. The standard InChI is InChI=1S/C10H9F3N2/c11-10(12,13)7-1-2-8-6(4-14)5-15-9(8)3-7/h1-3,5,15H,4,14H2. The second-order valence-corrected chi connectivity index (χ2v) is 3.28. The molecule has 1 heterocycles. The van der Waals surface area contributed by atoms with Crippen molar-refractivity contribution in [2.45, 2.75) is 12.7 Å². The largest absolute Gasteiger partial charge is 0.416 e. The molecule has 5 heteroatoms. The molecule has 0 saturated heterocycles. The van der Waals surface area contributed by atoms with Gasteiger partial charge >= 0.3 is 6.18 Å². The van der Waals surface area contributed by atoms with E-state index in [1.54, 1.807) is 6.20 Å². The van der Waals surface area contributed by atoms with E-state index >= 15 is 0 Å². The Kier molecular flexibility index (Phi) is 2.19. The summed E-state index contributed by atoms with van der Waals surface area (Å²) in [5, 5.41) is 0.741. The van der Waals surface area contributed by atoms with Gasteiger partial charge in [-0.2, -0.15) is 13.2 Å². The van der Waals surface area contributed by atoms with E-state index in [0.29, 0.717) is 12.1 Å². The smallest absolute Gasteiger partial charge is 0.361 e. The van der Waals surface area contributed by atoms with Crippen LogP contribution in [0.1, 0.15) is 11.1 Å². The van der Waals surface area contributed by atoms with E-state index in [1.165, 1.54) is 6.07 Å². The number of fused-ring (bicyclic) bond motifs is 1. The molecule has 0 saturated carbocycles. The predicted octanol–water partition coefficient (Wildman–Crippen LogP) is 2.65. The molecule has 1 aromatic heterocycles. The summed E-state index contributed by atoms with van der Waals surface area (Å²) in [4.78, 5) is 2.77. The van der Waals surface area contributed by atoms with E-state index in [-0.39, 0.29) is 0 Å². The second kappa shape index (κ2) is 3.27. The van der Waals surface area contributed by atoms with Gasteiger partial charge in [0, 0.05) is 23.6 Å². The molecule has 2 aromatic rings. The Balaban J connectivity index is 2.58. The second-order valence-electron chi connectivity index (χ2n) is 3.28. The van der Waals surface area contributed by atoms with Gasteiger partial charge in [-0.3, -0.25) is 0 Å². The third-order valence-corrected chi connectivity index (χ3v) is 2.31. The number of alkyl halides is 3. The van der Waals surface area contributed by atoms with Crippen molar-refractivity contribution in [3.8, 4) is 0 Å². The maximum absolute atomic E-state index is 12.4. The molecule has 15 heavy (non-hydrogen) atoms. The maximum atomic E-state index is 12.4. The van der Waals surface area contributed by atoms with E-state index in [9.17, 15) is 13.2 Å². The van der Waals surface area contributed by atoms with Crippen LogP contribution in [0, 0.1) is 0 Å². The first kappa shape index (κ1) is 10.0. The molecular formula is C10H9F3N2. The third kappa shape index (κ3) is 1.70. The number of hydrogen-bond donors (Lipinski definition) is 2. The minimum atomic E-state index is -4.30. The molecule has 2 rings (SSSR count). The lowest BCUT2D eigenvalue weighted by Gasteiger charge is -2.06. The number of rotatable bonds is 1. The Morgan fingerprint density at radius 1 is 1.27 bits per heavy atom. The fourth-order valence-corrected chi connectivity index (χ4v) is 1.53. The van der Waals surface area contributed by atoms with E-state index in [4.69, 9.17) is 5.73 Å². The van der Waals surface area contributed by atoms with Crippen LogP contribution in [0.25, 0.3) is 10.9 Å². The summed E-state index contributed by atoms with van der Waals surface area (Å²) in [6.07, 6.45) is -2.67. The summed E-state index contributed by atoms with van der Waals surface area (Å²) in [5.74, 6) is 0. The van der Waals surface area contributed by atoms with E-state index in [2.05, 4.69) is 4.98 Å². The molecule has 0 atom stereocenters. The van der Waals surface area contributed by atoms with Crippen molar-refractivity contribution in [1.82, 2.24) is 4.98 Å². The topological polar surface area (TPSA) is 41.8 Å². The SMILES string of the molecule is NCc1c[nH]c2cc(C(F)(F)F)ccc12. The van der Waals surface area contributed by atoms with Gasteiger partial charge in [-0.1, -0.05) is 6.07 Å². The molecular weight excluding hydrogens is 205 g/mol. The van der Waals surface area contributed by atoms with Crippen molar-refractivity contribution in [2.75, 3.05) is 0 Å². The summed E-state index contributed by atoms with van der Waals surface area (Å²) in [6.45, 7) is 0.311. The van der Waals surface area contributed by atoms with E-state index in [0.717, 1.165) is 23.1 Å². The van der Waals surface area contributed by atoms with Crippen LogP contribution >= 0.6 is 0 Å². The van der Waals surface area contributed by atoms with Crippen molar-refractivity contribution in [2.24, 2.45) is 5.73 Å². The van der Waals surface area contributed by atoms with Gasteiger partial charge in [0.2, 0.25) is 0 Å². The number of hydrogen-bond acceptors (Lipinski definition) is 1. The zero-order chi connectivity index (χ0) is 11.1. The van der Waals surface area contributed by atoms with Crippen LogP contribution in [-0.2, 0) is 12.7 Å². The summed E-state index contributed by atoms with van der Waals surface area (Å²) in [5.41, 5.74) is 6.07. The predicted molar refractivity (Wildman–Crippen MR) is 51.2 cm³/mol. The van der Waals surface area contributed by atoms with Crippen molar-refractivity contribution in [3.05, 3.63) is 35.5 Å². The molecule has 0 aliphatic rings. The monoisotopic (exact) mass is 214 g/mol. The highest BCUT2D eigenvalue weighted by Gasteiger charge is 2.30. The van der Waals surface area contributed by atoms with Gasteiger partial charge in [0.25, 0.3) is 0 Å². The lowest BCUT2D eigenvalue weighted by atomic mass is 10.1. The minimum absolute atomic E-state index is 0.311. The number of halogens is 3. The molecule has 2 nitrogen and oxygen atoms in total. The quantitative estimate of drug-likeness (QED) is 0.752. The van der Waals surface area contributed by atoms with Crippen molar-refractivity contribution >= 4 is 10.9 Å². The molecule has 0 unspecified atom stereocenters. The average molecular weight is 214 g/mol. The van der Waals surface area contributed by atoms with Crippen LogP contribution in [0.2, 0.25) is 0 Å². The third-order valence-electron chi connectivity index (χ3n) is 2.31. The first-order chi connectivity index (χ1) is 7.02. The lowest BCUT2D eigenvalue weighted by molar-refractivity contribution is -0.137. The highest BCUT2D eigenvalue weighted by atomic mass is 19.4. The van der Waals surface area contributed by atoms with Gasteiger partial charge in [-0.05, 0) is 17.7 Å². The highest BCUT2D eigenvalue weighted by molar-refractivity contribution is 5.83. The number of benzene rings is 1. The summed E-state index contributed by atoms with van der Waals surface area (Å²) >= 11 is 0. The van der Waals surface area contributed by atoms with Gasteiger partial charge in [0.15, 0.2) is 0 Å². The number of H-pyrrole nitrogens is 1. The Morgan fingerprint density at radius 3 is 2.60 bits per heavy atom. The van der Waals surface area contributed by atoms with Crippen LogP contribution in [0.3, 0.4) is 0 Å². The van der Waals surface area contributed by atoms with Crippen molar-refractivity contribution < 1.29 is 13.2 Å². The number of aromatic nitrogens is 1. The fraction of sp³-hybridized carbons (Fsp3) is 0.200. The van der Waals surface area contributed by atoms with Crippen LogP contribution in [-0.4, -0.2) is 4.98 Å². The Labute approximate surface area is 83.9 Å². The van der Waals surface area contributed by atoms with Crippen LogP contribution in [0.4, 0.5) is 13.2 Å². The van der Waals surface area contributed by atoms with Crippen LogP contribution in [0.15, 0.2) is 24.4 Å². The zero-order valence-electron chi connectivity index (χ0n) is 7.73. The molecule has 0 amide bonds. The average Bonchev–Trinajstić information content (AvgIpc) is 2.58. The fourth-order valence-electron chi connectivity index (χ4n) is 1.53. The zero-order valence-corrected chi connectivity index (χ0v) is 7.73. The van der Waals surface area contributed by atoms with Crippen LogP contribution in [0.5, 0.6) is 0 Å². The molecule has 0 fully saturated rings. The first-order valence-corrected chi connectivity index (χ1v) is 4.39. The van der Waals surface area contributed by atoms with Gasteiger partial charge in [0.1, 0.15) is 0 Å². The molecule has 1 aromatic carbocycles. The van der Waals surface area contributed by atoms with Gasteiger partial charge in [-0.25, -0.2) is 0 Å². The minimum Gasteiger partial charge on any atom is -0.361 e. The van der Waals surface area contributed by atoms with Gasteiger partial charge < -0.3 is 10.7 Å². The number of nitrogens with two attached hydrogens (primary N) is 1. The van der Waals surface area contributed by atoms with E-state index < -0.39 is 11.7 Å². The number of aromatic amines is 1. The number of nitrogens with one attached hydrogen (secondary N) is 1.